The van der Waals surface area contributed by atoms with E-state index in [4.69, 9.17) is 27.9 Å². The van der Waals surface area contributed by atoms with Gasteiger partial charge in [-0.15, -0.1) is 0 Å². The Bertz CT molecular complexity index is 826. The largest absolute Gasteiger partial charge is 0.492 e. The number of para-hydroxylation sites is 2. The van der Waals surface area contributed by atoms with Gasteiger partial charge in [0.25, 0.3) is 5.91 Å². The molecule has 25 heavy (non-hydrogen) atoms. The Balaban J connectivity index is 1.86. The Morgan fingerprint density at radius 1 is 1.16 bits per heavy atom. The minimum absolute atomic E-state index is 0.0299. The second kappa shape index (κ2) is 7.33. The van der Waals surface area contributed by atoms with Crippen LogP contribution in [0.4, 0.5) is 11.4 Å². The minimum Gasteiger partial charge on any atom is -0.492 e. The van der Waals surface area contributed by atoms with Gasteiger partial charge in [0.05, 0.1) is 34.4 Å². The lowest BCUT2D eigenvalue weighted by Gasteiger charge is -2.18. The number of ether oxygens (including phenoxy) is 1. The van der Waals surface area contributed by atoms with Crippen molar-refractivity contribution in [3.05, 3.63) is 52.5 Å². The number of hydrogen-bond donors (Lipinski definition) is 1. The first-order valence-corrected chi connectivity index (χ1v) is 8.57. The molecule has 1 aliphatic heterocycles. The Kier molecular flexibility index (Phi) is 5.16. The van der Waals surface area contributed by atoms with Crippen molar-refractivity contribution >= 4 is 46.4 Å². The molecule has 0 radical (unpaired) electrons. The summed E-state index contributed by atoms with van der Waals surface area (Å²) in [6.45, 7) is 2.38. The van der Waals surface area contributed by atoms with Crippen LogP contribution in [0.25, 0.3) is 0 Å². The quantitative estimate of drug-likeness (QED) is 0.794. The van der Waals surface area contributed by atoms with E-state index in [1.807, 2.05) is 19.1 Å². The topological polar surface area (TPSA) is 58.6 Å². The molecule has 7 heteroatoms. The van der Waals surface area contributed by atoms with E-state index in [9.17, 15) is 9.59 Å². The summed E-state index contributed by atoms with van der Waals surface area (Å²) in [7, 11) is 0. The van der Waals surface area contributed by atoms with Crippen LogP contribution in [0.2, 0.25) is 10.0 Å². The van der Waals surface area contributed by atoms with Gasteiger partial charge in [0, 0.05) is 0 Å². The van der Waals surface area contributed by atoms with Crippen molar-refractivity contribution in [2.45, 2.75) is 19.4 Å². The lowest BCUT2D eigenvalue weighted by molar-refractivity contribution is -0.121. The smallest absolute Gasteiger partial charge is 0.256 e. The lowest BCUT2D eigenvalue weighted by atomic mass is 10.2. The Morgan fingerprint density at radius 3 is 2.68 bits per heavy atom. The summed E-state index contributed by atoms with van der Waals surface area (Å²) in [5.41, 5.74) is 0.959. The molecule has 0 bridgehead atoms. The number of rotatable bonds is 5. The molecule has 1 saturated heterocycles. The van der Waals surface area contributed by atoms with Gasteiger partial charge in [-0.05, 0) is 31.2 Å². The van der Waals surface area contributed by atoms with Crippen LogP contribution in [0.5, 0.6) is 5.75 Å². The normalized spacial score (nSPS) is 17.1. The number of halogens is 2. The molecule has 2 aromatic rings. The molecule has 1 N–H and O–H groups in total. The predicted octanol–water partition coefficient (Wildman–Crippen LogP) is 4.14. The number of anilines is 2. The molecule has 0 saturated carbocycles. The maximum Gasteiger partial charge on any atom is 0.256 e. The van der Waals surface area contributed by atoms with E-state index in [1.54, 1.807) is 30.3 Å². The van der Waals surface area contributed by atoms with E-state index in [0.29, 0.717) is 23.7 Å². The standard InChI is InChI=1S/C18H16Cl2N2O3/c1-2-25-15-9-4-3-7-12(15)21-13-10-16(23)22(18(13)24)14-8-5-6-11(19)17(14)20/h3-9,13,21H,2,10H2,1H3. The number of hydrogen-bond acceptors (Lipinski definition) is 4. The van der Waals surface area contributed by atoms with Crippen LogP contribution >= 0.6 is 23.2 Å². The first-order valence-electron chi connectivity index (χ1n) is 7.82. The number of benzene rings is 2. The van der Waals surface area contributed by atoms with Crippen LogP contribution in [-0.4, -0.2) is 24.5 Å². The third-order valence-corrected chi connectivity index (χ3v) is 4.64. The van der Waals surface area contributed by atoms with E-state index in [1.165, 1.54) is 0 Å². The molecule has 1 aliphatic rings. The average molecular weight is 379 g/mol. The summed E-state index contributed by atoms with van der Waals surface area (Å²) in [6.07, 6.45) is 0.0299. The second-order valence-electron chi connectivity index (χ2n) is 5.47. The molecule has 2 aromatic carbocycles. The van der Waals surface area contributed by atoms with Gasteiger partial charge in [0.1, 0.15) is 11.8 Å². The molecule has 0 spiro atoms. The molecular formula is C18H16Cl2N2O3. The molecule has 3 rings (SSSR count). The van der Waals surface area contributed by atoms with Gasteiger partial charge in [-0.25, -0.2) is 4.90 Å². The van der Waals surface area contributed by atoms with E-state index in [0.717, 1.165) is 4.90 Å². The lowest BCUT2D eigenvalue weighted by Crippen LogP contribution is -2.35. The summed E-state index contributed by atoms with van der Waals surface area (Å²) in [6, 6.07) is 11.4. The fourth-order valence-corrected chi connectivity index (χ4v) is 3.10. The van der Waals surface area contributed by atoms with Crippen LogP contribution in [0, 0.1) is 0 Å². The fourth-order valence-electron chi connectivity index (χ4n) is 2.72. The molecule has 1 fully saturated rings. The summed E-state index contributed by atoms with van der Waals surface area (Å²) in [5, 5.41) is 3.57. The van der Waals surface area contributed by atoms with Crippen molar-refractivity contribution in [2.75, 3.05) is 16.8 Å². The van der Waals surface area contributed by atoms with Crippen molar-refractivity contribution in [2.24, 2.45) is 0 Å². The molecule has 0 aromatic heterocycles. The average Bonchev–Trinajstić information content (AvgIpc) is 2.86. The second-order valence-corrected chi connectivity index (χ2v) is 6.26. The monoisotopic (exact) mass is 378 g/mol. The van der Waals surface area contributed by atoms with E-state index in [-0.39, 0.29) is 28.3 Å². The van der Waals surface area contributed by atoms with Crippen molar-refractivity contribution in [1.29, 1.82) is 0 Å². The highest BCUT2D eigenvalue weighted by atomic mass is 35.5. The fraction of sp³-hybridized carbons (Fsp3) is 0.222. The van der Waals surface area contributed by atoms with Crippen molar-refractivity contribution in [3.8, 4) is 5.75 Å². The Labute approximate surface area is 155 Å². The van der Waals surface area contributed by atoms with Crippen LogP contribution in [-0.2, 0) is 9.59 Å². The third kappa shape index (κ3) is 3.43. The van der Waals surface area contributed by atoms with E-state index >= 15 is 0 Å². The summed E-state index contributed by atoms with van der Waals surface area (Å²) >= 11 is 12.2. The SMILES string of the molecule is CCOc1ccccc1NC1CC(=O)N(c2cccc(Cl)c2Cl)C1=O. The molecule has 5 nitrogen and oxygen atoms in total. The molecule has 0 aliphatic carbocycles. The maximum absolute atomic E-state index is 12.8. The minimum atomic E-state index is -0.691. The van der Waals surface area contributed by atoms with Gasteiger partial charge in [0.2, 0.25) is 5.91 Å². The summed E-state index contributed by atoms with van der Waals surface area (Å²) in [4.78, 5) is 26.2. The van der Waals surface area contributed by atoms with Gasteiger partial charge in [-0.1, -0.05) is 41.4 Å². The predicted molar refractivity (Wildman–Crippen MR) is 98.6 cm³/mol. The number of amides is 2. The van der Waals surface area contributed by atoms with E-state index < -0.39 is 6.04 Å². The van der Waals surface area contributed by atoms with Gasteiger partial charge in [0.15, 0.2) is 0 Å². The van der Waals surface area contributed by atoms with Crippen LogP contribution in [0.15, 0.2) is 42.5 Å². The first-order chi connectivity index (χ1) is 12.0. The summed E-state index contributed by atoms with van der Waals surface area (Å²) in [5.74, 6) is -0.0782. The zero-order chi connectivity index (χ0) is 18.0. The number of carbonyl (C=O) groups excluding carboxylic acids is 2. The zero-order valence-corrected chi connectivity index (χ0v) is 15.0. The molecule has 1 atom stereocenters. The van der Waals surface area contributed by atoms with Gasteiger partial charge in [-0.2, -0.15) is 0 Å². The maximum atomic E-state index is 12.8. The number of nitrogens with zero attached hydrogens (tertiary/aromatic N) is 1. The third-order valence-electron chi connectivity index (χ3n) is 3.84. The van der Waals surface area contributed by atoms with Crippen LogP contribution in [0.3, 0.4) is 0 Å². The van der Waals surface area contributed by atoms with Crippen molar-refractivity contribution in [3.63, 3.8) is 0 Å². The molecule has 2 amide bonds. The molecule has 1 heterocycles. The Morgan fingerprint density at radius 2 is 1.92 bits per heavy atom. The van der Waals surface area contributed by atoms with Gasteiger partial charge < -0.3 is 10.1 Å². The van der Waals surface area contributed by atoms with Crippen LogP contribution < -0.4 is 15.0 Å². The zero-order valence-electron chi connectivity index (χ0n) is 13.5. The number of nitrogens with one attached hydrogen (secondary N) is 1. The first kappa shape index (κ1) is 17.6. The number of imide groups is 1. The van der Waals surface area contributed by atoms with Crippen molar-refractivity contribution in [1.82, 2.24) is 0 Å². The molecular weight excluding hydrogens is 363 g/mol. The van der Waals surface area contributed by atoms with Gasteiger partial charge in [-0.3, -0.25) is 9.59 Å². The van der Waals surface area contributed by atoms with E-state index in [2.05, 4.69) is 5.32 Å². The summed E-state index contributed by atoms with van der Waals surface area (Å²) < 4.78 is 5.54. The van der Waals surface area contributed by atoms with Gasteiger partial charge >= 0.3 is 0 Å². The highest BCUT2D eigenvalue weighted by Gasteiger charge is 2.40. The highest BCUT2D eigenvalue weighted by molar-refractivity contribution is 6.45. The number of carbonyl (C=O) groups is 2. The molecule has 1 unspecified atom stereocenters. The van der Waals surface area contributed by atoms with Crippen molar-refractivity contribution < 1.29 is 14.3 Å². The molecule has 130 valence electrons. The highest BCUT2D eigenvalue weighted by Crippen LogP contribution is 2.36. The Hall–Kier alpha value is -2.24. The van der Waals surface area contributed by atoms with Crippen LogP contribution in [0.1, 0.15) is 13.3 Å².